The van der Waals surface area contributed by atoms with Crippen LogP contribution in [0.4, 0.5) is 5.69 Å². The maximum absolute atomic E-state index is 2.64. The largest absolute Gasteiger partial charge is 0.378 e. The minimum absolute atomic E-state index is 0. The highest BCUT2D eigenvalue weighted by Crippen LogP contribution is 2.07. The van der Waals surface area contributed by atoms with E-state index in [1.807, 2.05) is 32.3 Å². The summed E-state index contributed by atoms with van der Waals surface area (Å²) in [6.45, 7) is 3.49. The van der Waals surface area contributed by atoms with Gasteiger partial charge in [-0.2, -0.15) is 0 Å². The molecule has 0 aliphatic heterocycles. The average Bonchev–Trinajstić information content (AvgIpc) is 2.37. The molecular formula is C16H24N2. The molecule has 18 heavy (non-hydrogen) atoms. The van der Waals surface area contributed by atoms with Crippen molar-refractivity contribution in [2.24, 2.45) is 0 Å². The van der Waals surface area contributed by atoms with Crippen LogP contribution in [-0.2, 0) is 0 Å². The quantitative estimate of drug-likeness (QED) is 0.768. The summed E-state index contributed by atoms with van der Waals surface area (Å²) in [6.07, 6.45) is 0. The lowest BCUT2D eigenvalue weighted by Gasteiger charge is -2.10. The van der Waals surface area contributed by atoms with E-state index in [0.717, 1.165) is 0 Å². The van der Waals surface area contributed by atoms with Crippen molar-refractivity contribution < 1.29 is 2.85 Å². The van der Waals surface area contributed by atoms with Crippen LogP contribution in [0.2, 0.25) is 0 Å². The van der Waals surface area contributed by atoms with Crippen molar-refractivity contribution in [2.75, 3.05) is 19.0 Å². The van der Waals surface area contributed by atoms with Gasteiger partial charge in [0.25, 0.3) is 0 Å². The molecule has 98 valence electrons. The lowest BCUT2D eigenvalue weighted by Crippen LogP contribution is -2.07. The average molecular weight is 244 g/mol. The highest BCUT2D eigenvalue weighted by Gasteiger charge is 1.87. The predicted molar refractivity (Wildman–Crippen MR) is 84.7 cm³/mol. The van der Waals surface area contributed by atoms with Gasteiger partial charge in [0, 0.05) is 22.6 Å². The summed E-state index contributed by atoms with van der Waals surface area (Å²) in [7, 11) is 4.07. The molecule has 0 atom stereocenters. The fraction of sp³-hybridized carbons (Fsp3) is 0.250. The minimum Gasteiger partial charge on any atom is -0.378 e. The molecule has 0 aliphatic carbocycles. The highest BCUT2D eigenvalue weighted by atomic mass is 15.1. The summed E-state index contributed by atoms with van der Waals surface area (Å²) in [4.78, 5) is 2.08. The van der Waals surface area contributed by atoms with E-state index in [0.29, 0.717) is 0 Å². The molecule has 2 heteroatoms. The van der Waals surface area contributed by atoms with Crippen LogP contribution in [0, 0.1) is 35.5 Å². The number of anilines is 1. The summed E-state index contributed by atoms with van der Waals surface area (Å²) >= 11 is 0. The molecular weight excluding hydrogens is 220 g/mol. The number of nitrogens with zero attached hydrogens (tertiary/aromatic N) is 1. The summed E-state index contributed by atoms with van der Waals surface area (Å²) < 4.78 is 0. The molecule has 0 amide bonds. The molecule has 2 nitrogen and oxygen atoms in total. The molecule has 0 fully saturated rings. The van der Waals surface area contributed by atoms with Gasteiger partial charge in [-0.25, -0.2) is 0 Å². The molecule has 0 saturated carbocycles. The second kappa shape index (κ2) is 12.7. The Bertz CT molecular complexity index is 468. The number of rotatable bonds is 1. The molecule has 1 aromatic carbocycles. The van der Waals surface area contributed by atoms with E-state index in [9.17, 15) is 0 Å². The van der Waals surface area contributed by atoms with Gasteiger partial charge >= 0.3 is 0 Å². The first-order valence-electron chi connectivity index (χ1n) is 5.28. The van der Waals surface area contributed by atoms with Crippen LogP contribution >= 0.6 is 0 Å². The summed E-state index contributed by atoms with van der Waals surface area (Å²) in [5.74, 6) is 15.5. The van der Waals surface area contributed by atoms with E-state index < -0.39 is 0 Å². The molecule has 1 aromatic rings. The molecule has 0 bridgehead atoms. The predicted octanol–water partition coefficient (Wildman–Crippen LogP) is 3.44. The van der Waals surface area contributed by atoms with Crippen LogP contribution in [0.5, 0.6) is 0 Å². The van der Waals surface area contributed by atoms with Gasteiger partial charge in [-0.15, -0.1) is 0 Å². The van der Waals surface area contributed by atoms with Crippen molar-refractivity contribution in [3.05, 3.63) is 30.3 Å². The Morgan fingerprint density at radius 1 is 0.833 bits per heavy atom. The van der Waals surface area contributed by atoms with Crippen molar-refractivity contribution in [3.8, 4) is 35.5 Å². The fourth-order valence-corrected chi connectivity index (χ4v) is 0.914. The zero-order chi connectivity index (χ0) is 12.9. The zero-order valence-electron chi connectivity index (χ0n) is 11.5. The Hall–Kier alpha value is -2.34. The Labute approximate surface area is 114 Å². The Kier molecular flexibility index (Phi) is 12.8. The van der Waals surface area contributed by atoms with Crippen LogP contribution < -0.4 is 11.1 Å². The molecule has 0 aromatic heterocycles. The molecule has 0 heterocycles. The number of para-hydroxylation sites is 1. The summed E-state index contributed by atoms with van der Waals surface area (Å²) in [5.41, 5.74) is 1.25. The smallest absolute Gasteiger partial charge is 0.0360 e. The number of hydrogen-bond acceptors (Lipinski definition) is 2. The van der Waals surface area contributed by atoms with E-state index in [4.69, 9.17) is 0 Å². The van der Waals surface area contributed by atoms with Crippen molar-refractivity contribution in [3.63, 3.8) is 0 Å². The Morgan fingerprint density at radius 2 is 1.28 bits per heavy atom. The first kappa shape index (κ1) is 18.0. The topological polar surface area (TPSA) is 38.2 Å². The van der Waals surface area contributed by atoms with Crippen LogP contribution in [0.3, 0.4) is 0 Å². The molecule has 0 spiro atoms. The third kappa shape index (κ3) is 10.2. The lowest BCUT2D eigenvalue weighted by molar-refractivity contribution is 1.13. The molecule has 1 rings (SSSR count). The SMILES string of the molecule is CC#CC#CC#CC.CN(C)c1ccccc1.N.[HH].[HH]. The van der Waals surface area contributed by atoms with Gasteiger partial charge in [-0.1, -0.05) is 30.0 Å². The third-order valence-corrected chi connectivity index (χ3v) is 1.71. The van der Waals surface area contributed by atoms with Gasteiger partial charge in [-0.05, 0) is 49.7 Å². The van der Waals surface area contributed by atoms with E-state index in [1.165, 1.54) is 5.69 Å². The van der Waals surface area contributed by atoms with Crippen LogP contribution in [0.1, 0.15) is 16.7 Å². The minimum atomic E-state index is 0. The Morgan fingerprint density at radius 3 is 1.56 bits per heavy atom. The second-order valence-electron chi connectivity index (χ2n) is 3.23. The summed E-state index contributed by atoms with van der Waals surface area (Å²) in [5, 5.41) is 0. The van der Waals surface area contributed by atoms with Gasteiger partial charge in [0.15, 0.2) is 0 Å². The molecule has 0 saturated heterocycles. The standard InChI is InChI=1S/C8H11N.C8H6.H3N.2H2/c1-9(2)8-6-4-3-5-7-8;1-3-5-7-8-6-4-2;;;/h3-7H,1-2H3;1-2H3;1H3;2*1H. The van der Waals surface area contributed by atoms with E-state index in [2.05, 4.69) is 52.6 Å². The van der Waals surface area contributed by atoms with Crippen LogP contribution in [0.15, 0.2) is 30.3 Å². The first-order valence-corrected chi connectivity index (χ1v) is 5.28. The molecule has 0 radical (unpaired) electrons. The van der Waals surface area contributed by atoms with Gasteiger partial charge in [0.2, 0.25) is 0 Å². The van der Waals surface area contributed by atoms with E-state index in [1.54, 1.807) is 13.8 Å². The highest BCUT2D eigenvalue weighted by molar-refractivity contribution is 5.43. The third-order valence-electron chi connectivity index (χ3n) is 1.71. The maximum Gasteiger partial charge on any atom is 0.0360 e. The number of hydrogen-bond donors (Lipinski definition) is 1. The van der Waals surface area contributed by atoms with Crippen molar-refractivity contribution in [1.82, 2.24) is 6.15 Å². The number of benzene rings is 1. The molecule has 0 unspecified atom stereocenters. The van der Waals surface area contributed by atoms with Crippen molar-refractivity contribution in [2.45, 2.75) is 13.8 Å². The Balaban J connectivity index is -0.000000112. The van der Waals surface area contributed by atoms with Gasteiger partial charge in [0.05, 0.1) is 0 Å². The maximum atomic E-state index is 2.64. The van der Waals surface area contributed by atoms with Crippen LogP contribution in [0.25, 0.3) is 0 Å². The lowest BCUT2D eigenvalue weighted by atomic mass is 10.3. The van der Waals surface area contributed by atoms with Crippen molar-refractivity contribution >= 4 is 5.69 Å². The molecule has 3 N–H and O–H groups in total. The fourth-order valence-electron chi connectivity index (χ4n) is 0.914. The van der Waals surface area contributed by atoms with E-state index >= 15 is 0 Å². The normalized spacial score (nSPS) is 6.22. The zero-order valence-corrected chi connectivity index (χ0v) is 11.5. The first-order chi connectivity index (χ1) is 8.22. The second-order valence-corrected chi connectivity index (χ2v) is 3.23. The van der Waals surface area contributed by atoms with Crippen molar-refractivity contribution in [1.29, 1.82) is 0 Å². The molecule has 0 aliphatic rings. The van der Waals surface area contributed by atoms with Gasteiger partial charge < -0.3 is 11.1 Å². The van der Waals surface area contributed by atoms with Gasteiger partial charge in [-0.3, -0.25) is 0 Å². The monoisotopic (exact) mass is 244 g/mol. The summed E-state index contributed by atoms with van der Waals surface area (Å²) in [6, 6.07) is 10.3. The van der Waals surface area contributed by atoms with Gasteiger partial charge in [0.1, 0.15) is 0 Å². The van der Waals surface area contributed by atoms with E-state index in [-0.39, 0.29) is 9.00 Å². The van der Waals surface area contributed by atoms with Crippen LogP contribution in [-0.4, -0.2) is 14.1 Å².